The number of nitrogens with one attached hydrogen (secondary N) is 2. The molecule has 1 heterocycles. The van der Waals surface area contributed by atoms with Gasteiger partial charge in [0.05, 0.1) is 0 Å². The smallest absolute Gasteiger partial charge is 0.258 e. The van der Waals surface area contributed by atoms with Gasteiger partial charge >= 0.3 is 0 Å². The Hall–Kier alpha value is -2.90. The Labute approximate surface area is 146 Å². The van der Waals surface area contributed by atoms with Gasteiger partial charge in [-0.3, -0.25) is 4.79 Å². The molecule has 0 atom stereocenters. The third-order valence-corrected chi connectivity index (χ3v) is 3.23. The molecule has 0 saturated heterocycles. The monoisotopic (exact) mass is 347 g/mol. The molecule has 0 radical (unpaired) electrons. The van der Waals surface area contributed by atoms with Crippen molar-refractivity contribution in [1.82, 2.24) is 15.3 Å². The second-order valence-electron chi connectivity index (χ2n) is 5.55. The molecule has 0 aliphatic carbocycles. The van der Waals surface area contributed by atoms with E-state index in [1.807, 2.05) is 32.0 Å². The van der Waals surface area contributed by atoms with E-state index in [1.165, 1.54) is 12.1 Å². The summed E-state index contributed by atoms with van der Waals surface area (Å²) >= 11 is 0. The molecule has 134 valence electrons. The van der Waals surface area contributed by atoms with Crippen LogP contribution >= 0.6 is 0 Å². The van der Waals surface area contributed by atoms with Crippen molar-refractivity contribution in [2.45, 2.75) is 6.92 Å². The average molecular weight is 347 g/mol. The Morgan fingerprint density at radius 3 is 2.72 bits per heavy atom. The van der Waals surface area contributed by atoms with Crippen molar-refractivity contribution in [3.05, 3.63) is 42.0 Å². The van der Waals surface area contributed by atoms with Crippen LogP contribution in [-0.2, 0) is 4.79 Å². The summed E-state index contributed by atoms with van der Waals surface area (Å²) in [7, 11) is 3.81. The fourth-order valence-electron chi connectivity index (χ4n) is 2.02. The molecule has 1 aromatic heterocycles. The van der Waals surface area contributed by atoms with Crippen LogP contribution in [0.3, 0.4) is 0 Å². The van der Waals surface area contributed by atoms with Gasteiger partial charge in [-0.2, -0.15) is 0 Å². The lowest BCUT2D eigenvalue weighted by molar-refractivity contribution is -0.123. The van der Waals surface area contributed by atoms with Gasteiger partial charge in [-0.1, -0.05) is 12.1 Å². The summed E-state index contributed by atoms with van der Waals surface area (Å²) in [4.78, 5) is 22.2. The highest BCUT2D eigenvalue weighted by Crippen LogP contribution is 2.15. The predicted molar refractivity (Wildman–Crippen MR) is 94.5 cm³/mol. The maximum Gasteiger partial charge on any atom is 0.258 e. The molecule has 0 saturated carbocycles. The summed E-state index contributed by atoms with van der Waals surface area (Å²) in [6.45, 7) is 2.47. The maximum atomic E-state index is 13.4. The molecule has 2 aromatic rings. The highest BCUT2D eigenvalue weighted by atomic mass is 19.1. The number of hydrogen-bond acceptors (Lipinski definition) is 6. The number of carbonyl (C=O) groups is 1. The number of carbonyl (C=O) groups excluding carboxylic acids is 1. The largest absolute Gasteiger partial charge is 0.481 e. The molecule has 0 unspecified atom stereocenters. The highest BCUT2D eigenvalue weighted by Gasteiger charge is 2.06. The summed E-state index contributed by atoms with van der Waals surface area (Å²) in [5.74, 6) is 1.40. The van der Waals surface area contributed by atoms with E-state index in [1.54, 1.807) is 12.1 Å². The third-order valence-electron chi connectivity index (χ3n) is 3.23. The number of para-hydroxylation sites is 1. The normalized spacial score (nSPS) is 10.2. The number of amides is 1. The van der Waals surface area contributed by atoms with Gasteiger partial charge in [-0.25, -0.2) is 14.4 Å². The van der Waals surface area contributed by atoms with E-state index in [0.29, 0.717) is 24.7 Å². The van der Waals surface area contributed by atoms with Crippen LogP contribution < -0.4 is 20.3 Å². The zero-order chi connectivity index (χ0) is 18.2. The van der Waals surface area contributed by atoms with Crippen molar-refractivity contribution in [2.75, 3.05) is 44.0 Å². The van der Waals surface area contributed by atoms with E-state index in [4.69, 9.17) is 4.74 Å². The van der Waals surface area contributed by atoms with Crippen molar-refractivity contribution in [3.8, 4) is 5.75 Å². The average Bonchev–Trinajstić information content (AvgIpc) is 2.57. The molecule has 0 fully saturated rings. The van der Waals surface area contributed by atoms with Crippen molar-refractivity contribution in [3.63, 3.8) is 0 Å². The van der Waals surface area contributed by atoms with E-state index >= 15 is 0 Å². The van der Waals surface area contributed by atoms with E-state index in [-0.39, 0.29) is 18.3 Å². The SMILES string of the molecule is Cc1nc(NCCNC(=O)COc2ccccc2F)cc(N(C)C)n1. The van der Waals surface area contributed by atoms with Gasteiger partial charge in [0.2, 0.25) is 0 Å². The van der Waals surface area contributed by atoms with Crippen LogP contribution in [0.1, 0.15) is 5.82 Å². The molecule has 2 N–H and O–H groups in total. The van der Waals surface area contributed by atoms with Crippen LogP contribution in [0.15, 0.2) is 30.3 Å². The maximum absolute atomic E-state index is 13.4. The lowest BCUT2D eigenvalue weighted by Crippen LogP contribution is -2.33. The molecule has 0 aliphatic rings. The minimum Gasteiger partial charge on any atom is -0.481 e. The molecule has 0 spiro atoms. The van der Waals surface area contributed by atoms with Crippen LogP contribution in [0.5, 0.6) is 5.75 Å². The second-order valence-corrected chi connectivity index (χ2v) is 5.55. The molecule has 8 heteroatoms. The first kappa shape index (κ1) is 18.4. The topological polar surface area (TPSA) is 79.4 Å². The zero-order valence-corrected chi connectivity index (χ0v) is 14.5. The first-order chi connectivity index (χ1) is 12.0. The molecule has 0 bridgehead atoms. The van der Waals surface area contributed by atoms with Crippen LogP contribution in [0.25, 0.3) is 0 Å². The van der Waals surface area contributed by atoms with Gasteiger partial charge in [0.1, 0.15) is 17.5 Å². The Balaban J connectivity index is 1.72. The summed E-state index contributed by atoms with van der Waals surface area (Å²) in [6, 6.07) is 7.79. The molecule has 1 amide bonds. The number of aryl methyl sites for hydroxylation is 1. The minimum absolute atomic E-state index is 0.0588. The van der Waals surface area contributed by atoms with E-state index in [0.717, 1.165) is 5.82 Å². The fourth-order valence-corrected chi connectivity index (χ4v) is 2.02. The number of nitrogens with zero attached hydrogens (tertiary/aromatic N) is 3. The molecule has 7 nitrogen and oxygen atoms in total. The number of benzene rings is 1. The summed E-state index contributed by atoms with van der Waals surface area (Å²) in [5, 5.41) is 5.82. The summed E-state index contributed by atoms with van der Waals surface area (Å²) in [6.07, 6.45) is 0. The van der Waals surface area contributed by atoms with Gasteiger partial charge in [0.25, 0.3) is 5.91 Å². The third kappa shape index (κ3) is 5.91. The standard InChI is InChI=1S/C17H22FN5O2/c1-12-21-15(10-16(22-12)23(2)3)19-8-9-20-17(24)11-25-14-7-5-4-6-13(14)18/h4-7,10H,8-9,11H2,1-3H3,(H,20,24)(H,19,21,22). The van der Waals surface area contributed by atoms with E-state index in [2.05, 4.69) is 20.6 Å². The predicted octanol–water partition coefficient (Wildman–Crippen LogP) is 1.60. The zero-order valence-electron chi connectivity index (χ0n) is 14.5. The first-order valence-corrected chi connectivity index (χ1v) is 7.86. The summed E-state index contributed by atoms with van der Waals surface area (Å²) in [5.41, 5.74) is 0. The summed E-state index contributed by atoms with van der Waals surface area (Å²) < 4.78 is 18.5. The quantitative estimate of drug-likeness (QED) is 0.706. The molecule has 0 aliphatic heterocycles. The van der Waals surface area contributed by atoms with Crippen LogP contribution in [0.2, 0.25) is 0 Å². The van der Waals surface area contributed by atoms with E-state index in [9.17, 15) is 9.18 Å². The number of anilines is 2. The van der Waals surface area contributed by atoms with Gasteiger partial charge in [-0.05, 0) is 19.1 Å². The molecule has 25 heavy (non-hydrogen) atoms. The van der Waals surface area contributed by atoms with Crippen LogP contribution in [0.4, 0.5) is 16.0 Å². The first-order valence-electron chi connectivity index (χ1n) is 7.86. The number of aromatic nitrogens is 2. The van der Waals surface area contributed by atoms with Gasteiger partial charge in [0.15, 0.2) is 18.2 Å². The number of rotatable bonds is 8. The molecule has 1 aromatic carbocycles. The van der Waals surface area contributed by atoms with Crippen molar-refractivity contribution >= 4 is 17.5 Å². The minimum atomic E-state index is -0.493. The molecule has 2 rings (SSSR count). The number of hydrogen-bond donors (Lipinski definition) is 2. The Morgan fingerprint density at radius 2 is 2.00 bits per heavy atom. The van der Waals surface area contributed by atoms with Crippen LogP contribution in [0, 0.1) is 12.7 Å². The second kappa shape index (κ2) is 8.81. The van der Waals surface area contributed by atoms with Gasteiger partial charge in [-0.15, -0.1) is 0 Å². The van der Waals surface area contributed by atoms with E-state index < -0.39 is 5.82 Å². The van der Waals surface area contributed by atoms with Crippen molar-refractivity contribution in [1.29, 1.82) is 0 Å². The number of halogens is 1. The number of ether oxygens (including phenoxy) is 1. The lowest BCUT2D eigenvalue weighted by Gasteiger charge is -2.14. The van der Waals surface area contributed by atoms with Crippen molar-refractivity contribution in [2.24, 2.45) is 0 Å². The van der Waals surface area contributed by atoms with Gasteiger partial charge < -0.3 is 20.3 Å². The van der Waals surface area contributed by atoms with Gasteiger partial charge in [0, 0.05) is 33.3 Å². The fraction of sp³-hybridized carbons (Fsp3) is 0.353. The Kier molecular flexibility index (Phi) is 6.50. The molecular formula is C17H22FN5O2. The van der Waals surface area contributed by atoms with Crippen molar-refractivity contribution < 1.29 is 13.9 Å². The molecular weight excluding hydrogens is 325 g/mol. The Bertz CT molecular complexity index is 724. The lowest BCUT2D eigenvalue weighted by atomic mass is 10.3. The Morgan fingerprint density at radius 1 is 1.24 bits per heavy atom. The van der Waals surface area contributed by atoms with Crippen LogP contribution in [-0.4, -0.2) is 49.7 Å². The highest BCUT2D eigenvalue weighted by molar-refractivity contribution is 5.77.